The molecule has 0 spiro atoms. The number of benzene rings is 2. The lowest BCUT2D eigenvalue weighted by molar-refractivity contribution is -0.142. The van der Waals surface area contributed by atoms with E-state index in [0.29, 0.717) is 17.0 Å². The minimum absolute atomic E-state index is 0.200. The Morgan fingerprint density at radius 2 is 1.83 bits per heavy atom. The zero-order valence-corrected chi connectivity index (χ0v) is 14.0. The molecule has 128 valence electrons. The molecule has 7 nitrogen and oxygen atoms in total. The first-order valence-electron chi connectivity index (χ1n) is 6.94. The van der Waals surface area contributed by atoms with E-state index < -0.39 is 16.0 Å². The van der Waals surface area contributed by atoms with Crippen LogP contribution in [-0.2, 0) is 19.6 Å². The molecule has 2 rings (SSSR count). The van der Waals surface area contributed by atoms with Crippen molar-refractivity contribution in [2.45, 2.75) is 11.8 Å². The van der Waals surface area contributed by atoms with Crippen LogP contribution in [0, 0.1) is 6.92 Å². The molecule has 2 aromatic carbocycles. The van der Waals surface area contributed by atoms with Crippen molar-refractivity contribution >= 4 is 21.7 Å². The summed E-state index contributed by atoms with van der Waals surface area (Å²) in [6.07, 6.45) is 0. The van der Waals surface area contributed by atoms with Crippen LogP contribution in [0.1, 0.15) is 5.56 Å². The Morgan fingerprint density at radius 3 is 2.46 bits per heavy atom. The molecule has 0 amide bonds. The number of rotatable bonds is 6. The monoisotopic (exact) mass is 351 g/mol. The van der Waals surface area contributed by atoms with E-state index in [0.717, 1.165) is 0 Å². The number of nitrogens with one attached hydrogen (secondary N) is 1. The number of sulfonamides is 1. The molecule has 2 aromatic rings. The van der Waals surface area contributed by atoms with Crippen molar-refractivity contribution in [3.8, 4) is 11.5 Å². The summed E-state index contributed by atoms with van der Waals surface area (Å²) in [4.78, 5) is 10.8. The second-order valence-electron chi connectivity index (χ2n) is 4.97. The van der Waals surface area contributed by atoms with Crippen LogP contribution in [0.25, 0.3) is 0 Å². The van der Waals surface area contributed by atoms with Crippen molar-refractivity contribution in [1.82, 2.24) is 0 Å². The van der Waals surface area contributed by atoms with E-state index in [4.69, 9.17) is 4.74 Å². The second-order valence-corrected chi connectivity index (χ2v) is 6.62. The van der Waals surface area contributed by atoms with Gasteiger partial charge in [0.15, 0.2) is 6.61 Å². The van der Waals surface area contributed by atoms with Crippen LogP contribution in [0.3, 0.4) is 0 Å². The molecule has 0 radical (unpaired) electrons. The Bertz CT molecular complexity index is 830. The zero-order chi connectivity index (χ0) is 17.7. The van der Waals surface area contributed by atoms with E-state index in [2.05, 4.69) is 9.46 Å². The van der Waals surface area contributed by atoms with Gasteiger partial charge in [0.2, 0.25) is 0 Å². The number of hydrogen-bond donors (Lipinski definition) is 2. The number of esters is 1. The molecule has 0 aliphatic rings. The first kappa shape index (κ1) is 17.6. The van der Waals surface area contributed by atoms with Crippen LogP contribution in [0.5, 0.6) is 11.5 Å². The van der Waals surface area contributed by atoms with Crippen LogP contribution >= 0.6 is 0 Å². The van der Waals surface area contributed by atoms with Crippen LogP contribution < -0.4 is 9.46 Å². The first-order valence-corrected chi connectivity index (χ1v) is 8.42. The van der Waals surface area contributed by atoms with Gasteiger partial charge in [-0.15, -0.1) is 0 Å². The van der Waals surface area contributed by atoms with Crippen molar-refractivity contribution in [3.05, 3.63) is 48.0 Å². The fraction of sp³-hybridized carbons (Fsp3) is 0.188. The number of methoxy groups -OCH3 is 1. The quantitative estimate of drug-likeness (QED) is 0.772. The highest BCUT2D eigenvalue weighted by Crippen LogP contribution is 2.26. The third kappa shape index (κ3) is 4.39. The van der Waals surface area contributed by atoms with Crippen LogP contribution in [-0.4, -0.2) is 33.2 Å². The maximum atomic E-state index is 12.3. The largest absolute Gasteiger partial charge is 0.507 e. The Hall–Kier alpha value is -2.74. The van der Waals surface area contributed by atoms with E-state index in [1.807, 2.05) is 0 Å². The molecule has 8 heteroatoms. The van der Waals surface area contributed by atoms with Gasteiger partial charge in [-0.2, -0.15) is 0 Å². The summed E-state index contributed by atoms with van der Waals surface area (Å²) in [5.74, 6) is -0.456. The highest BCUT2D eigenvalue weighted by atomic mass is 32.2. The molecule has 0 aromatic heterocycles. The van der Waals surface area contributed by atoms with Crippen molar-refractivity contribution in [3.63, 3.8) is 0 Å². The molecule has 0 aliphatic heterocycles. The lowest BCUT2D eigenvalue weighted by Gasteiger charge is -2.11. The van der Waals surface area contributed by atoms with E-state index in [1.165, 1.54) is 43.5 Å². The topological polar surface area (TPSA) is 102 Å². The second kappa shape index (κ2) is 7.22. The number of phenolic OH excluding ortho intramolecular Hbond substituents is 1. The number of carbonyl (C=O) groups is 1. The van der Waals surface area contributed by atoms with Gasteiger partial charge in [-0.25, -0.2) is 13.2 Å². The summed E-state index contributed by atoms with van der Waals surface area (Å²) in [7, 11) is -2.67. The summed E-state index contributed by atoms with van der Waals surface area (Å²) in [5, 5.41) is 9.76. The zero-order valence-electron chi connectivity index (χ0n) is 13.1. The number of hydrogen-bond acceptors (Lipinski definition) is 6. The fourth-order valence-electron chi connectivity index (χ4n) is 1.87. The maximum Gasteiger partial charge on any atom is 0.343 e. The van der Waals surface area contributed by atoms with Crippen LogP contribution in [0.4, 0.5) is 5.69 Å². The number of ether oxygens (including phenoxy) is 2. The third-order valence-electron chi connectivity index (χ3n) is 3.10. The molecule has 0 aliphatic carbocycles. The highest BCUT2D eigenvalue weighted by molar-refractivity contribution is 7.92. The molecule has 24 heavy (non-hydrogen) atoms. The van der Waals surface area contributed by atoms with E-state index in [-0.39, 0.29) is 17.3 Å². The van der Waals surface area contributed by atoms with E-state index in [1.54, 1.807) is 13.0 Å². The minimum Gasteiger partial charge on any atom is -0.507 e. The van der Waals surface area contributed by atoms with Gasteiger partial charge < -0.3 is 14.6 Å². The predicted molar refractivity (Wildman–Crippen MR) is 87.6 cm³/mol. The van der Waals surface area contributed by atoms with Crippen molar-refractivity contribution in [2.75, 3.05) is 18.4 Å². The Kier molecular flexibility index (Phi) is 5.30. The molecule has 2 N–H and O–H groups in total. The van der Waals surface area contributed by atoms with Gasteiger partial charge in [0, 0.05) is 5.69 Å². The average Bonchev–Trinajstić information content (AvgIpc) is 2.55. The van der Waals surface area contributed by atoms with Gasteiger partial charge in [0.1, 0.15) is 16.4 Å². The molecular weight excluding hydrogens is 334 g/mol. The summed E-state index contributed by atoms with van der Waals surface area (Å²) in [6, 6.07) is 10.3. The first-order chi connectivity index (χ1) is 11.3. The van der Waals surface area contributed by atoms with E-state index in [9.17, 15) is 18.3 Å². The van der Waals surface area contributed by atoms with Crippen LogP contribution in [0.15, 0.2) is 47.4 Å². The van der Waals surface area contributed by atoms with Gasteiger partial charge in [-0.05, 0) is 48.9 Å². The molecular formula is C16H17NO6S. The van der Waals surface area contributed by atoms with Crippen molar-refractivity contribution < 1.29 is 27.8 Å². The van der Waals surface area contributed by atoms with Gasteiger partial charge >= 0.3 is 5.97 Å². The molecule has 0 saturated carbocycles. The number of anilines is 1. The van der Waals surface area contributed by atoms with E-state index >= 15 is 0 Å². The summed E-state index contributed by atoms with van der Waals surface area (Å²) >= 11 is 0. The van der Waals surface area contributed by atoms with Gasteiger partial charge in [0.25, 0.3) is 10.0 Å². The maximum absolute atomic E-state index is 12.3. The third-order valence-corrected chi connectivity index (χ3v) is 4.51. The van der Waals surface area contributed by atoms with Gasteiger partial charge in [0.05, 0.1) is 7.11 Å². The van der Waals surface area contributed by atoms with Gasteiger partial charge in [-0.3, -0.25) is 4.72 Å². The smallest absolute Gasteiger partial charge is 0.343 e. The lowest BCUT2D eigenvalue weighted by atomic mass is 10.2. The minimum atomic E-state index is -3.92. The molecule has 0 bridgehead atoms. The molecule has 0 heterocycles. The van der Waals surface area contributed by atoms with Gasteiger partial charge in [-0.1, -0.05) is 6.07 Å². The normalized spacial score (nSPS) is 10.9. The number of aromatic hydroxyl groups is 1. The Morgan fingerprint density at radius 1 is 1.17 bits per heavy atom. The molecule has 0 saturated heterocycles. The SMILES string of the molecule is COC(=O)COc1ccc(NS(=O)(=O)c2cc(C)ccc2O)cc1. The Balaban J connectivity index is 2.12. The molecule has 0 fully saturated rings. The highest BCUT2D eigenvalue weighted by Gasteiger charge is 2.19. The summed E-state index contributed by atoms with van der Waals surface area (Å²) < 4.78 is 36.7. The van der Waals surface area contributed by atoms with Crippen molar-refractivity contribution in [2.24, 2.45) is 0 Å². The number of carbonyl (C=O) groups excluding carboxylic acids is 1. The molecule has 0 atom stereocenters. The molecule has 0 unspecified atom stereocenters. The average molecular weight is 351 g/mol. The fourth-order valence-corrected chi connectivity index (χ4v) is 3.11. The van der Waals surface area contributed by atoms with Crippen molar-refractivity contribution in [1.29, 1.82) is 0 Å². The summed E-state index contributed by atoms with van der Waals surface area (Å²) in [6.45, 7) is 1.49. The Labute approximate surface area is 139 Å². The standard InChI is InChI=1S/C16H17NO6S/c1-11-3-8-14(18)15(9-11)24(20,21)17-12-4-6-13(7-5-12)23-10-16(19)22-2/h3-9,17-18H,10H2,1-2H3. The summed E-state index contributed by atoms with van der Waals surface area (Å²) in [5.41, 5.74) is 1.00. The number of phenols is 1. The predicted octanol–water partition coefficient (Wildman–Crippen LogP) is 2.05. The van der Waals surface area contributed by atoms with Crippen LogP contribution in [0.2, 0.25) is 0 Å². The number of aryl methyl sites for hydroxylation is 1. The lowest BCUT2D eigenvalue weighted by Crippen LogP contribution is -2.14.